The second kappa shape index (κ2) is 6.78. The van der Waals surface area contributed by atoms with Gasteiger partial charge in [0.15, 0.2) is 0 Å². The van der Waals surface area contributed by atoms with Crippen molar-refractivity contribution in [1.82, 2.24) is 6.92 Å². The molecule has 0 N–H and O–H groups in total. The fourth-order valence-electron chi connectivity index (χ4n) is 1.62. The normalized spacial score (nSPS) is 14.1. The first-order valence-corrected chi connectivity index (χ1v) is 12.4. The average molecular weight is 442 g/mol. The summed E-state index contributed by atoms with van der Waals surface area (Å²) < 4.78 is 15.4. The zero-order valence-corrected chi connectivity index (χ0v) is 17.5. The average Bonchev–Trinajstić information content (AvgIpc) is 2.21. The molecule has 4 nitrogen and oxygen atoms in total. The predicted octanol–water partition coefficient (Wildman–Crippen LogP) is 3.84. The maximum atomic E-state index is 5.26. The van der Waals surface area contributed by atoms with Crippen LogP contribution in [0.1, 0.15) is 55.4 Å². The Bertz CT molecular complexity index is 351. The third kappa shape index (κ3) is 6.01. The summed E-state index contributed by atoms with van der Waals surface area (Å²) in [6.45, 7) is 19.5. The van der Waals surface area contributed by atoms with Crippen molar-refractivity contribution in [2.45, 2.75) is 66.5 Å². The van der Waals surface area contributed by atoms with Crippen LogP contribution >= 0.6 is 0 Å². The Kier molecular flexibility index (Phi) is 6.85. The second-order valence-corrected chi connectivity index (χ2v) is 16.2. The summed E-state index contributed by atoms with van der Waals surface area (Å²) in [5.74, 6) is 0. The van der Waals surface area contributed by atoms with Gasteiger partial charge in [0.1, 0.15) is 0 Å². The number of hydrogen-bond acceptors (Lipinski definition) is 2. The number of rotatable bonds is 4. The number of nitrogens with zero attached hydrogens (tertiary/aromatic N) is 4. The van der Waals surface area contributed by atoms with E-state index in [1.807, 2.05) is 0 Å². The van der Waals surface area contributed by atoms with Crippen LogP contribution < -0.4 is 0 Å². The van der Waals surface area contributed by atoms with Gasteiger partial charge in [-0.15, -0.1) is 0 Å². The van der Waals surface area contributed by atoms with Crippen LogP contribution in [0.4, 0.5) is 0 Å². The second-order valence-electron chi connectivity index (χ2n) is 6.90. The van der Waals surface area contributed by atoms with Gasteiger partial charge in [-0.3, -0.25) is 0 Å². The molecule has 0 rings (SSSR count). The van der Waals surface area contributed by atoms with E-state index in [2.05, 4.69) is 76.4 Å². The molecule has 0 saturated heterocycles. The Balaban J connectivity index is 6.39. The molecule has 116 valence electrons. The molecule has 0 aliphatic carbocycles. The van der Waals surface area contributed by atoms with E-state index in [-0.39, 0.29) is 11.1 Å². The zero-order chi connectivity index (χ0) is 15.5. The zero-order valence-electron chi connectivity index (χ0n) is 14.6. The standard InChI is InChI=1S/2C4H9N.2C3H8N.W/c2*1-4(2,3)5;2*1-3-4-2;/h2*1-3H3;2*3H2,1-2H3;/q;;2*-1;+2. The molecule has 0 fully saturated rings. The first kappa shape index (κ1) is 19.2. The molecule has 0 aliphatic rings. The summed E-state index contributed by atoms with van der Waals surface area (Å²) in [6, 6.07) is 0. The van der Waals surface area contributed by atoms with Crippen LogP contribution in [0.2, 0.25) is 0 Å². The van der Waals surface area contributed by atoms with E-state index < -0.39 is 16.2 Å². The van der Waals surface area contributed by atoms with E-state index in [0.29, 0.717) is 0 Å². The quantitative estimate of drug-likeness (QED) is 0.663. The van der Waals surface area contributed by atoms with Crippen LogP contribution in [0.3, 0.4) is 0 Å². The third-order valence-electron chi connectivity index (χ3n) is 2.52. The van der Waals surface area contributed by atoms with Crippen LogP contribution in [0.5, 0.6) is 0 Å². The van der Waals surface area contributed by atoms with Crippen LogP contribution in [0, 0.1) is 0 Å². The molecule has 0 unspecified atom stereocenters. The van der Waals surface area contributed by atoms with E-state index in [1.165, 1.54) is 0 Å². The predicted molar refractivity (Wildman–Crippen MR) is 81.0 cm³/mol. The fraction of sp³-hybridized carbons (Fsp3) is 1.00. The van der Waals surface area contributed by atoms with Crippen molar-refractivity contribution in [3.8, 4) is 0 Å². The first-order chi connectivity index (χ1) is 8.38. The molecule has 0 atom stereocenters. The summed E-state index contributed by atoms with van der Waals surface area (Å²) >= 11 is -3.24. The topological polar surface area (TPSA) is 31.2 Å². The van der Waals surface area contributed by atoms with Crippen molar-refractivity contribution in [3.05, 3.63) is 0 Å². The Hall–Kier alpha value is 0.208. The molecular weight excluding hydrogens is 408 g/mol. The van der Waals surface area contributed by atoms with Gasteiger partial charge in [0, 0.05) is 0 Å². The Morgan fingerprint density at radius 1 is 0.737 bits per heavy atom. The molecule has 0 aliphatic heterocycles. The molecule has 19 heavy (non-hydrogen) atoms. The Labute approximate surface area is 124 Å². The van der Waals surface area contributed by atoms with Crippen molar-refractivity contribution in [2.75, 3.05) is 27.2 Å². The summed E-state index contributed by atoms with van der Waals surface area (Å²) in [6.07, 6.45) is 0. The van der Waals surface area contributed by atoms with Gasteiger partial charge in [-0.05, 0) is 0 Å². The molecule has 5 heteroatoms. The van der Waals surface area contributed by atoms with Crippen LogP contribution in [-0.4, -0.2) is 45.2 Å². The van der Waals surface area contributed by atoms with Crippen molar-refractivity contribution in [3.63, 3.8) is 0 Å². The summed E-state index contributed by atoms with van der Waals surface area (Å²) in [5.41, 5.74) is -0.0894. The van der Waals surface area contributed by atoms with Gasteiger partial charge >= 0.3 is 124 Å². The van der Waals surface area contributed by atoms with Gasteiger partial charge < -0.3 is 0 Å². The molecule has 0 aromatic carbocycles. The van der Waals surface area contributed by atoms with E-state index in [9.17, 15) is 0 Å². The first-order valence-electron chi connectivity index (χ1n) is 7.12. The molecule has 0 saturated carbocycles. The van der Waals surface area contributed by atoms with E-state index >= 15 is 0 Å². The Morgan fingerprint density at radius 2 is 1.00 bits per heavy atom. The van der Waals surface area contributed by atoms with Crippen molar-refractivity contribution < 1.29 is 16.2 Å². The maximum absolute atomic E-state index is 5.26. The SMILES string of the molecule is CC[N](C)[W](=[N]C(C)(C)C)(=[N]C(C)(C)C)[N](C)CC. The molecular formula is C14H34N4W. The van der Waals surface area contributed by atoms with Crippen molar-refractivity contribution in [1.29, 1.82) is 0 Å². The molecule has 0 radical (unpaired) electrons. The molecule has 0 spiro atoms. The van der Waals surface area contributed by atoms with Gasteiger partial charge in [0.2, 0.25) is 0 Å². The van der Waals surface area contributed by atoms with Gasteiger partial charge in [-0.25, -0.2) is 0 Å². The van der Waals surface area contributed by atoms with E-state index in [4.69, 9.17) is 6.99 Å². The van der Waals surface area contributed by atoms with Gasteiger partial charge in [0.25, 0.3) is 0 Å². The van der Waals surface area contributed by atoms with Crippen LogP contribution in [0.25, 0.3) is 0 Å². The monoisotopic (exact) mass is 442 g/mol. The van der Waals surface area contributed by atoms with E-state index in [1.54, 1.807) is 0 Å². The van der Waals surface area contributed by atoms with Gasteiger partial charge in [-0.1, -0.05) is 0 Å². The molecule has 0 heterocycles. The minimum absolute atomic E-state index is 0.0447. The summed E-state index contributed by atoms with van der Waals surface area (Å²) in [4.78, 5) is 0. The Morgan fingerprint density at radius 3 is 1.16 bits per heavy atom. The van der Waals surface area contributed by atoms with Crippen molar-refractivity contribution in [2.24, 2.45) is 6.99 Å². The number of hydrogen-bond donors (Lipinski definition) is 0. The molecule has 0 bridgehead atoms. The fourth-order valence-corrected chi connectivity index (χ4v) is 13.2. The van der Waals surface area contributed by atoms with E-state index in [0.717, 1.165) is 13.1 Å². The van der Waals surface area contributed by atoms with Gasteiger partial charge in [-0.2, -0.15) is 0 Å². The minimum atomic E-state index is -3.24. The summed E-state index contributed by atoms with van der Waals surface area (Å²) in [7, 11) is 4.37. The summed E-state index contributed by atoms with van der Waals surface area (Å²) in [5, 5.41) is 0. The van der Waals surface area contributed by atoms with Crippen LogP contribution in [-0.2, 0) is 16.2 Å². The third-order valence-corrected chi connectivity index (χ3v) is 16.1. The molecule has 0 aromatic rings. The van der Waals surface area contributed by atoms with Crippen molar-refractivity contribution >= 4 is 0 Å². The molecule has 0 amide bonds. The van der Waals surface area contributed by atoms with Gasteiger partial charge in [0.05, 0.1) is 0 Å². The van der Waals surface area contributed by atoms with Crippen LogP contribution in [0.15, 0.2) is 6.99 Å². The molecule has 0 aromatic heterocycles.